The summed E-state index contributed by atoms with van der Waals surface area (Å²) in [6.45, 7) is 5.26. The van der Waals surface area contributed by atoms with Crippen molar-refractivity contribution in [2.75, 3.05) is 18.5 Å². The summed E-state index contributed by atoms with van der Waals surface area (Å²) in [7, 11) is 0. The van der Waals surface area contributed by atoms with Crippen LogP contribution in [0.3, 0.4) is 0 Å². The molecular formula is C20H20ClNO3. The zero-order chi connectivity index (χ0) is 17.6. The number of carbonyl (C=O) groups excluding carboxylic acids is 1. The smallest absolute Gasteiger partial charge is 0.228 e. The Kier molecular flexibility index (Phi) is 4.08. The van der Waals surface area contributed by atoms with Gasteiger partial charge in [-0.05, 0) is 37.1 Å². The second-order valence-electron chi connectivity index (χ2n) is 6.68. The fourth-order valence-corrected chi connectivity index (χ4v) is 4.06. The molecule has 4 rings (SSSR count). The fraction of sp³-hybridized carbons (Fsp3) is 0.350. The summed E-state index contributed by atoms with van der Waals surface area (Å²) in [5.41, 5.74) is 5.90. The van der Waals surface area contributed by atoms with Gasteiger partial charge in [0.25, 0.3) is 0 Å². The maximum absolute atomic E-state index is 12.7. The Morgan fingerprint density at radius 3 is 2.76 bits per heavy atom. The van der Waals surface area contributed by atoms with Crippen molar-refractivity contribution in [1.29, 1.82) is 0 Å². The van der Waals surface area contributed by atoms with Crippen LogP contribution in [0.2, 0.25) is 5.02 Å². The highest BCUT2D eigenvalue weighted by Gasteiger charge is 2.27. The van der Waals surface area contributed by atoms with E-state index in [0.29, 0.717) is 23.9 Å². The molecule has 0 saturated carbocycles. The minimum Gasteiger partial charge on any atom is -0.493 e. The number of halogens is 1. The van der Waals surface area contributed by atoms with Crippen molar-refractivity contribution in [3.05, 3.63) is 51.0 Å². The molecule has 25 heavy (non-hydrogen) atoms. The molecule has 2 aromatic rings. The summed E-state index contributed by atoms with van der Waals surface area (Å²) in [5, 5.41) is 3.53. The number of amides is 1. The summed E-state index contributed by atoms with van der Waals surface area (Å²) >= 11 is 6.31. The predicted molar refractivity (Wildman–Crippen MR) is 98.1 cm³/mol. The van der Waals surface area contributed by atoms with Gasteiger partial charge in [0.1, 0.15) is 11.5 Å². The zero-order valence-corrected chi connectivity index (χ0v) is 15.1. The summed E-state index contributed by atoms with van der Waals surface area (Å²) in [4.78, 5) is 12.7. The van der Waals surface area contributed by atoms with Crippen molar-refractivity contribution in [1.82, 2.24) is 0 Å². The van der Waals surface area contributed by atoms with Crippen molar-refractivity contribution >= 4 is 23.2 Å². The van der Waals surface area contributed by atoms with Gasteiger partial charge >= 0.3 is 0 Å². The monoisotopic (exact) mass is 357 g/mol. The maximum atomic E-state index is 12.7. The van der Waals surface area contributed by atoms with Gasteiger partial charge in [-0.1, -0.05) is 17.7 Å². The second kappa shape index (κ2) is 6.26. The Bertz CT molecular complexity index is 820. The van der Waals surface area contributed by atoms with Crippen LogP contribution in [-0.4, -0.2) is 19.1 Å². The van der Waals surface area contributed by atoms with E-state index in [2.05, 4.69) is 11.4 Å². The van der Waals surface area contributed by atoms with Gasteiger partial charge in [0.15, 0.2) is 0 Å². The van der Waals surface area contributed by atoms with E-state index < -0.39 is 0 Å². The average molecular weight is 358 g/mol. The molecule has 1 amide bonds. The van der Waals surface area contributed by atoms with Gasteiger partial charge in [-0.2, -0.15) is 0 Å². The summed E-state index contributed by atoms with van der Waals surface area (Å²) in [6, 6.07) is 5.93. The third-order valence-corrected chi connectivity index (χ3v) is 5.09. The van der Waals surface area contributed by atoms with Crippen molar-refractivity contribution in [2.24, 2.45) is 0 Å². The van der Waals surface area contributed by atoms with E-state index >= 15 is 0 Å². The summed E-state index contributed by atoms with van der Waals surface area (Å²) in [5.74, 6) is 1.68. The molecule has 4 nitrogen and oxygen atoms in total. The molecule has 0 fully saturated rings. The molecule has 0 spiro atoms. The van der Waals surface area contributed by atoms with Gasteiger partial charge in [0, 0.05) is 29.5 Å². The van der Waals surface area contributed by atoms with E-state index in [0.717, 1.165) is 52.2 Å². The van der Waals surface area contributed by atoms with Gasteiger partial charge in [-0.3, -0.25) is 4.79 Å². The highest BCUT2D eigenvalue weighted by Crippen LogP contribution is 2.41. The molecule has 0 aliphatic carbocycles. The number of anilines is 1. The van der Waals surface area contributed by atoms with E-state index in [4.69, 9.17) is 21.1 Å². The molecule has 5 heteroatoms. The van der Waals surface area contributed by atoms with E-state index in [1.807, 2.05) is 26.0 Å². The topological polar surface area (TPSA) is 47.6 Å². The predicted octanol–water partition coefficient (Wildman–Crippen LogP) is 4.01. The first-order valence-corrected chi connectivity index (χ1v) is 8.90. The number of aryl methyl sites for hydroxylation is 2. The molecule has 2 aromatic carbocycles. The normalized spacial score (nSPS) is 14.5. The van der Waals surface area contributed by atoms with Crippen molar-refractivity contribution in [3.8, 4) is 11.5 Å². The number of carbonyl (C=O) groups is 1. The molecule has 2 heterocycles. The number of nitrogens with one attached hydrogen (secondary N) is 1. The van der Waals surface area contributed by atoms with Crippen LogP contribution in [0.25, 0.3) is 0 Å². The Morgan fingerprint density at radius 2 is 1.96 bits per heavy atom. The largest absolute Gasteiger partial charge is 0.493 e. The third kappa shape index (κ3) is 2.95. The quantitative estimate of drug-likeness (QED) is 0.902. The lowest BCUT2D eigenvalue weighted by Gasteiger charge is -2.15. The SMILES string of the molecule is Cc1cc(C)c(NC(=O)Cc2c3c(cc4c2OCC4)OCC3)c(Cl)c1. The lowest BCUT2D eigenvalue weighted by atomic mass is 9.97. The minimum absolute atomic E-state index is 0.0909. The minimum atomic E-state index is -0.0909. The molecule has 0 aromatic heterocycles. The lowest BCUT2D eigenvalue weighted by Crippen LogP contribution is -2.17. The second-order valence-corrected chi connectivity index (χ2v) is 7.09. The lowest BCUT2D eigenvalue weighted by molar-refractivity contribution is -0.115. The van der Waals surface area contributed by atoms with E-state index in [9.17, 15) is 4.79 Å². The van der Waals surface area contributed by atoms with Crippen LogP contribution in [0.4, 0.5) is 5.69 Å². The highest BCUT2D eigenvalue weighted by atomic mass is 35.5. The molecule has 0 radical (unpaired) electrons. The third-order valence-electron chi connectivity index (χ3n) is 4.79. The molecule has 1 N–H and O–H groups in total. The Balaban J connectivity index is 1.63. The first-order valence-electron chi connectivity index (χ1n) is 8.52. The zero-order valence-electron chi connectivity index (χ0n) is 14.4. The van der Waals surface area contributed by atoms with Gasteiger partial charge in [0.05, 0.1) is 30.3 Å². The van der Waals surface area contributed by atoms with Crippen molar-refractivity contribution in [2.45, 2.75) is 33.1 Å². The van der Waals surface area contributed by atoms with Gasteiger partial charge in [0.2, 0.25) is 5.91 Å². The summed E-state index contributed by atoms with van der Waals surface area (Å²) < 4.78 is 11.5. The molecule has 130 valence electrons. The van der Waals surface area contributed by atoms with Crippen LogP contribution < -0.4 is 14.8 Å². The van der Waals surface area contributed by atoms with Gasteiger partial charge in [-0.15, -0.1) is 0 Å². The van der Waals surface area contributed by atoms with Crippen LogP contribution in [0.15, 0.2) is 18.2 Å². The Morgan fingerprint density at radius 1 is 1.16 bits per heavy atom. The molecular weight excluding hydrogens is 338 g/mol. The average Bonchev–Trinajstić information content (AvgIpc) is 3.19. The standard InChI is InChI=1S/C20H20ClNO3/c1-11-7-12(2)19(16(21)8-11)22-18(23)10-15-14-4-6-24-17(14)9-13-3-5-25-20(13)15/h7-9H,3-6,10H2,1-2H3,(H,22,23). The number of hydrogen-bond acceptors (Lipinski definition) is 3. The van der Waals surface area contributed by atoms with E-state index in [1.165, 1.54) is 0 Å². The van der Waals surface area contributed by atoms with Gasteiger partial charge in [-0.25, -0.2) is 0 Å². The molecule has 0 saturated heterocycles. The summed E-state index contributed by atoms with van der Waals surface area (Å²) in [6.07, 6.45) is 1.95. The molecule has 0 bridgehead atoms. The first kappa shape index (κ1) is 16.3. The Labute approximate surface area is 152 Å². The van der Waals surface area contributed by atoms with E-state index in [1.54, 1.807) is 0 Å². The Hall–Kier alpha value is -2.20. The van der Waals surface area contributed by atoms with Crippen LogP contribution in [0.5, 0.6) is 11.5 Å². The number of ether oxygens (including phenoxy) is 2. The van der Waals surface area contributed by atoms with Crippen LogP contribution in [0.1, 0.15) is 27.8 Å². The first-order chi connectivity index (χ1) is 12.0. The van der Waals surface area contributed by atoms with E-state index in [-0.39, 0.29) is 12.3 Å². The number of rotatable bonds is 3. The van der Waals surface area contributed by atoms with Crippen molar-refractivity contribution < 1.29 is 14.3 Å². The van der Waals surface area contributed by atoms with Crippen LogP contribution in [0, 0.1) is 13.8 Å². The number of fused-ring (bicyclic) bond motifs is 2. The van der Waals surface area contributed by atoms with Crippen LogP contribution >= 0.6 is 11.6 Å². The maximum Gasteiger partial charge on any atom is 0.228 e. The van der Waals surface area contributed by atoms with Crippen molar-refractivity contribution in [3.63, 3.8) is 0 Å². The molecule has 0 atom stereocenters. The number of hydrogen-bond donors (Lipinski definition) is 1. The molecule has 2 aliphatic rings. The fourth-order valence-electron chi connectivity index (χ4n) is 3.69. The van der Waals surface area contributed by atoms with Crippen LogP contribution in [-0.2, 0) is 24.1 Å². The van der Waals surface area contributed by atoms with Gasteiger partial charge < -0.3 is 14.8 Å². The molecule has 2 aliphatic heterocycles. The molecule has 0 unspecified atom stereocenters. The highest BCUT2D eigenvalue weighted by molar-refractivity contribution is 6.34. The number of benzene rings is 2.